The molecule has 2 aliphatic rings. The van der Waals surface area contributed by atoms with E-state index in [2.05, 4.69) is 36.8 Å². The molecule has 0 radical (unpaired) electrons. The first-order chi connectivity index (χ1) is 13.8. The number of fused-ring (bicyclic) bond motifs is 1. The van der Waals surface area contributed by atoms with Gasteiger partial charge in [0.2, 0.25) is 5.95 Å². The van der Waals surface area contributed by atoms with Crippen LogP contribution in [0.25, 0.3) is 10.9 Å². The van der Waals surface area contributed by atoms with E-state index in [1.54, 1.807) is 0 Å². The van der Waals surface area contributed by atoms with Crippen LogP contribution in [0.1, 0.15) is 25.7 Å². The number of hydrogen-bond acceptors (Lipinski definition) is 6. The van der Waals surface area contributed by atoms with Crippen LogP contribution >= 0.6 is 0 Å². The van der Waals surface area contributed by atoms with Crippen LogP contribution in [-0.2, 0) is 0 Å². The molecular formula is C21H27N7. The maximum absolute atomic E-state index is 4.80. The van der Waals surface area contributed by atoms with Gasteiger partial charge in [0.15, 0.2) is 0 Å². The average molecular weight is 377 g/mol. The summed E-state index contributed by atoms with van der Waals surface area (Å²) in [6, 6.07) is 8.07. The number of aromatic amines is 1. The second kappa shape index (κ2) is 7.75. The Balaban J connectivity index is 1.30. The molecule has 0 aliphatic carbocycles. The predicted octanol–water partition coefficient (Wildman–Crippen LogP) is 3.31. The van der Waals surface area contributed by atoms with Crippen LogP contribution in [0.4, 0.5) is 17.5 Å². The minimum Gasteiger partial charge on any atom is -0.340 e. The fourth-order valence-electron chi connectivity index (χ4n) is 4.60. The Morgan fingerprint density at radius 2 is 2.07 bits per heavy atom. The van der Waals surface area contributed by atoms with Gasteiger partial charge in [-0.1, -0.05) is 0 Å². The van der Waals surface area contributed by atoms with Crippen molar-refractivity contribution in [3.05, 3.63) is 36.7 Å². The summed E-state index contributed by atoms with van der Waals surface area (Å²) < 4.78 is 0. The van der Waals surface area contributed by atoms with Crippen LogP contribution in [0.3, 0.4) is 0 Å². The molecular weight excluding hydrogens is 350 g/mol. The standard InChI is InChI=1S/C21H27N7/c1-3-15(12-22-8-1)16-4-2-10-28(14-16)21-23-9-7-20(26-21)25-18-5-6-19-17(11-18)13-24-27-19/h5-7,9,11,13,15-16,22H,1-4,8,10,12,14H2,(H,24,27)(H,23,25,26). The third kappa shape index (κ3) is 3.67. The normalized spacial score (nSPS) is 23.1. The van der Waals surface area contributed by atoms with Crippen LogP contribution in [0.5, 0.6) is 0 Å². The molecule has 2 aromatic heterocycles. The third-order valence-electron chi connectivity index (χ3n) is 6.10. The molecule has 7 nitrogen and oxygen atoms in total. The molecule has 0 saturated carbocycles. The van der Waals surface area contributed by atoms with Crippen molar-refractivity contribution in [1.82, 2.24) is 25.5 Å². The van der Waals surface area contributed by atoms with E-state index in [9.17, 15) is 0 Å². The molecule has 0 spiro atoms. The van der Waals surface area contributed by atoms with E-state index in [0.717, 1.165) is 59.8 Å². The van der Waals surface area contributed by atoms with Gasteiger partial charge in [0.25, 0.3) is 0 Å². The topological polar surface area (TPSA) is 81.8 Å². The number of anilines is 3. The van der Waals surface area contributed by atoms with Gasteiger partial charge in [-0.3, -0.25) is 5.10 Å². The fraction of sp³-hybridized carbons (Fsp3) is 0.476. The summed E-state index contributed by atoms with van der Waals surface area (Å²) in [6.07, 6.45) is 8.89. The van der Waals surface area contributed by atoms with Crippen molar-refractivity contribution in [2.45, 2.75) is 25.7 Å². The van der Waals surface area contributed by atoms with E-state index >= 15 is 0 Å². The molecule has 2 unspecified atom stereocenters. The van der Waals surface area contributed by atoms with E-state index in [1.807, 2.05) is 30.6 Å². The highest BCUT2D eigenvalue weighted by Gasteiger charge is 2.29. The summed E-state index contributed by atoms with van der Waals surface area (Å²) >= 11 is 0. The second-order valence-electron chi connectivity index (χ2n) is 7.99. The summed E-state index contributed by atoms with van der Waals surface area (Å²) in [6.45, 7) is 4.45. The molecule has 5 rings (SSSR count). The Morgan fingerprint density at radius 3 is 3.00 bits per heavy atom. The van der Waals surface area contributed by atoms with Gasteiger partial charge >= 0.3 is 0 Å². The minimum atomic E-state index is 0.741. The molecule has 0 amide bonds. The smallest absolute Gasteiger partial charge is 0.227 e. The fourth-order valence-corrected chi connectivity index (χ4v) is 4.60. The van der Waals surface area contributed by atoms with Crippen LogP contribution in [0.15, 0.2) is 36.7 Å². The lowest BCUT2D eigenvalue weighted by atomic mass is 9.81. The summed E-state index contributed by atoms with van der Waals surface area (Å²) in [7, 11) is 0. The zero-order valence-electron chi connectivity index (χ0n) is 16.1. The highest BCUT2D eigenvalue weighted by molar-refractivity contribution is 5.82. The molecule has 3 aromatic rings. The predicted molar refractivity (Wildman–Crippen MR) is 112 cm³/mol. The molecule has 1 aromatic carbocycles. The molecule has 4 heterocycles. The number of aromatic nitrogens is 4. The average Bonchev–Trinajstić information content (AvgIpc) is 3.23. The highest BCUT2D eigenvalue weighted by Crippen LogP contribution is 2.30. The first-order valence-corrected chi connectivity index (χ1v) is 10.3. The van der Waals surface area contributed by atoms with Crippen molar-refractivity contribution in [2.75, 3.05) is 36.4 Å². The van der Waals surface area contributed by atoms with E-state index in [4.69, 9.17) is 4.98 Å². The molecule has 3 N–H and O–H groups in total. The summed E-state index contributed by atoms with van der Waals surface area (Å²) in [5, 5.41) is 15.1. The first-order valence-electron chi connectivity index (χ1n) is 10.3. The van der Waals surface area contributed by atoms with Gasteiger partial charge in [-0.2, -0.15) is 10.1 Å². The van der Waals surface area contributed by atoms with Gasteiger partial charge in [-0.25, -0.2) is 4.98 Å². The monoisotopic (exact) mass is 377 g/mol. The number of nitrogens with zero attached hydrogens (tertiary/aromatic N) is 4. The van der Waals surface area contributed by atoms with E-state index in [0.29, 0.717) is 0 Å². The first kappa shape index (κ1) is 17.4. The van der Waals surface area contributed by atoms with Gasteiger partial charge < -0.3 is 15.5 Å². The van der Waals surface area contributed by atoms with E-state index in [1.165, 1.54) is 32.2 Å². The SMILES string of the molecule is c1cc(Nc2ccc3[nH]ncc3c2)nc(N2CCCC(C3CCCNC3)C2)n1. The highest BCUT2D eigenvalue weighted by atomic mass is 15.3. The summed E-state index contributed by atoms with van der Waals surface area (Å²) in [5.41, 5.74) is 2.04. The zero-order valence-corrected chi connectivity index (χ0v) is 16.1. The summed E-state index contributed by atoms with van der Waals surface area (Å²) in [5.74, 6) is 3.20. The van der Waals surface area contributed by atoms with Gasteiger partial charge in [0.05, 0.1) is 11.7 Å². The lowest BCUT2D eigenvalue weighted by molar-refractivity contribution is 0.233. The Hall–Kier alpha value is -2.67. The van der Waals surface area contributed by atoms with E-state index in [-0.39, 0.29) is 0 Å². The van der Waals surface area contributed by atoms with Crippen molar-refractivity contribution in [1.29, 1.82) is 0 Å². The molecule has 2 saturated heterocycles. The zero-order chi connectivity index (χ0) is 18.8. The van der Waals surface area contributed by atoms with Crippen LogP contribution in [0, 0.1) is 11.8 Å². The number of H-pyrrole nitrogens is 1. The van der Waals surface area contributed by atoms with Gasteiger partial charge in [0, 0.05) is 30.4 Å². The Kier molecular flexibility index (Phi) is 4.83. The molecule has 146 valence electrons. The van der Waals surface area contributed by atoms with Crippen molar-refractivity contribution >= 4 is 28.4 Å². The summed E-state index contributed by atoms with van der Waals surface area (Å²) in [4.78, 5) is 11.7. The lowest BCUT2D eigenvalue weighted by Crippen LogP contribution is -2.43. The Labute approximate surface area is 165 Å². The molecule has 7 heteroatoms. The molecule has 2 atom stereocenters. The maximum atomic E-state index is 4.80. The van der Waals surface area contributed by atoms with Gasteiger partial charge in [-0.15, -0.1) is 0 Å². The molecule has 0 bridgehead atoms. The van der Waals surface area contributed by atoms with Crippen LogP contribution < -0.4 is 15.5 Å². The maximum Gasteiger partial charge on any atom is 0.227 e. The molecule has 28 heavy (non-hydrogen) atoms. The van der Waals surface area contributed by atoms with Gasteiger partial charge in [0.1, 0.15) is 5.82 Å². The quantitative estimate of drug-likeness (QED) is 0.647. The number of rotatable bonds is 4. The van der Waals surface area contributed by atoms with Gasteiger partial charge in [-0.05, 0) is 74.9 Å². The molecule has 2 fully saturated rings. The number of hydrogen-bond donors (Lipinski definition) is 3. The number of piperidine rings is 2. The van der Waals surface area contributed by atoms with E-state index < -0.39 is 0 Å². The van der Waals surface area contributed by atoms with Crippen molar-refractivity contribution in [3.8, 4) is 0 Å². The Morgan fingerprint density at radius 1 is 1.11 bits per heavy atom. The van der Waals surface area contributed by atoms with Crippen LogP contribution in [0.2, 0.25) is 0 Å². The van der Waals surface area contributed by atoms with Crippen molar-refractivity contribution < 1.29 is 0 Å². The van der Waals surface area contributed by atoms with Crippen LogP contribution in [-0.4, -0.2) is 46.3 Å². The number of nitrogens with one attached hydrogen (secondary N) is 3. The second-order valence-corrected chi connectivity index (χ2v) is 7.99. The van der Waals surface area contributed by atoms with Crippen molar-refractivity contribution in [3.63, 3.8) is 0 Å². The molecule has 2 aliphatic heterocycles. The number of benzene rings is 1. The largest absolute Gasteiger partial charge is 0.340 e. The Bertz CT molecular complexity index is 931. The third-order valence-corrected chi connectivity index (χ3v) is 6.10. The minimum absolute atomic E-state index is 0.741. The lowest BCUT2D eigenvalue weighted by Gasteiger charge is -2.38. The van der Waals surface area contributed by atoms with Crippen molar-refractivity contribution in [2.24, 2.45) is 11.8 Å².